The minimum Gasteiger partial charge on any atom is -0.497 e. The summed E-state index contributed by atoms with van der Waals surface area (Å²) >= 11 is 0. The fourth-order valence-electron chi connectivity index (χ4n) is 5.08. The number of imidazole rings is 1. The molecule has 5 rings (SSSR count). The molecule has 3 aliphatic heterocycles. The highest BCUT2D eigenvalue weighted by Crippen LogP contribution is 2.52. The fraction of sp³-hybridized carbons (Fsp3) is 0.435. The largest absolute Gasteiger partial charge is 0.497 e. The molecule has 0 aliphatic carbocycles. The van der Waals surface area contributed by atoms with Gasteiger partial charge >= 0.3 is 0 Å². The van der Waals surface area contributed by atoms with Crippen molar-refractivity contribution in [2.75, 3.05) is 20.7 Å². The summed E-state index contributed by atoms with van der Waals surface area (Å²) in [5.74, 6) is 0.424. The Balaban J connectivity index is 1.36. The van der Waals surface area contributed by atoms with Crippen LogP contribution in [0, 0.1) is 11.8 Å². The molecular weight excluding hydrogens is 396 g/mol. The van der Waals surface area contributed by atoms with Crippen molar-refractivity contribution in [3.63, 3.8) is 0 Å². The van der Waals surface area contributed by atoms with Crippen molar-refractivity contribution in [2.45, 2.75) is 24.8 Å². The van der Waals surface area contributed by atoms with Gasteiger partial charge in [-0.1, -0.05) is 24.3 Å². The summed E-state index contributed by atoms with van der Waals surface area (Å²) in [5.41, 5.74) is 0.266. The van der Waals surface area contributed by atoms with Crippen LogP contribution in [0.4, 0.5) is 0 Å². The lowest BCUT2D eigenvalue weighted by Gasteiger charge is -2.27. The van der Waals surface area contributed by atoms with E-state index in [0.717, 1.165) is 17.1 Å². The summed E-state index contributed by atoms with van der Waals surface area (Å²) in [6.45, 7) is 1.30. The van der Waals surface area contributed by atoms with Gasteiger partial charge in [0.05, 0.1) is 38.1 Å². The molecule has 2 bridgehead atoms. The molecule has 0 saturated carbocycles. The highest BCUT2D eigenvalue weighted by molar-refractivity contribution is 5.93. The highest BCUT2D eigenvalue weighted by atomic mass is 16.5. The number of methoxy groups -OCH3 is 1. The number of likely N-dealkylation sites (tertiary alicyclic amines) is 1. The maximum absolute atomic E-state index is 13.4. The predicted molar refractivity (Wildman–Crippen MR) is 112 cm³/mol. The number of nitrogens with zero attached hydrogens (tertiary/aromatic N) is 4. The molecule has 8 nitrogen and oxygen atoms in total. The molecule has 162 valence electrons. The second-order valence-electron chi connectivity index (χ2n) is 8.59. The Hall–Kier alpha value is -3.13. The minimum atomic E-state index is -0.717. The summed E-state index contributed by atoms with van der Waals surface area (Å²) < 4.78 is 13.4. The Labute approximate surface area is 181 Å². The van der Waals surface area contributed by atoms with E-state index < -0.39 is 17.4 Å². The number of aromatic nitrogens is 2. The van der Waals surface area contributed by atoms with Gasteiger partial charge in [0.1, 0.15) is 17.2 Å². The number of carbonyl (C=O) groups excluding carboxylic acids is 2. The first-order valence-electron chi connectivity index (χ1n) is 10.4. The molecule has 1 aromatic heterocycles. The highest BCUT2D eigenvalue weighted by Gasteiger charge is 2.67. The number of amides is 2. The van der Waals surface area contributed by atoms with Gasteiger partial charge in [-0.2, -0.15) is 0 Å². The lowest BCUT2D eigenvalue weighted by molar-refractivity contribution is -0.143. The minimum absolute atomic E-state index is 0.0292. The Kier molecular flexibility index (Phi) is 4.62. The van der Waals surface area contributed by atoms with E-state index in [1.54, 1.807) is 30.2 Å². The quantitative estimate of drug-likeness (QED) is 0.658. The fourth-order valence-corrected chi connectivity index (χ4v) is 5.08. The van der Waals surface area contributed by atoms with Crippen LogP contribution in [-0.2, 0) is 34.5 Å². The predicted octanol–water partition coefficient (Wildman–Crippen LogP) is 1.37. The first-order valence-corrected chi connectivity index (χ1v) is 10.4. The SMILES string of the molecule is COc1cccc(CN2C[C@]34C=C[C@H](O3)C(C(=O)N(C)Cc3nccn3C)C4C2=O)c1. The summed E-state index contributed by atoms with van der Waals surface area (Å²) in [6, 6.07) is 7.69. The van der Waals surface area contributed by atoms with E-state index in [-0.39, 0.29) is 17.9 Å². The molecule has 0 N–H and O–H groups in total. The summed E-state index contributed by atoms with van der Waals surface area (Å²) in [6.07, 6.45) is 7.13. The zero-order chi connectivity index (χ0) is 21.8. The van der Waals surface area contributed by atoms with Crippen LogP contribution in [-0.4, -0.2) is 63.6 Å². The van der Waals surface area contributed by atoms with Gasteiger partial charge < -0.3 is 23.8 Å². The third kappa shape index (κ3) is 3.13. The maximum atomic E-state index is 13.4. The molecule has 31 heavy (non-hydrogen) atoms. The van der Waals surface area contributed by atoms with Gasteiger partial charge in [0.15, 0.2) is 0 Å². The lowest BCUT2D eigenvalue weighted by Crippen LogP contribution is -2.44. The van der Waals surface area contributed by atoms with E-state index in [1.807, 2.05) is 54.2 Å². The van der Waals surface area contributed by atoms with Crippen LogP contribution >= 0.6 is 0 Å². The van der Waals surface area contributed by atoms with Gasteiger partial charge in [-0.15, -0.1) is 0 Å². The van der Waals surface area contributed by atoms with Crippen molar-refractivity contribution in [3.8, 4) is 5.75 Å². The van der Waals surface area contributed by atoms with Gasteiger partial charge in [0.2, 0.25) is 11.8 Å². The standard InChI is InChI=1S/C23H26N4O4/c1-25-10-9-24-18(25)13-26(2)21(28)19-17-7-8-23(31-17)14-27(22(29)20(19)23)12-15-5-4-6-16(11-15)30-3/h4-11,17,19-20H,12-14H2,1-3H3/t17-,19?,20?,23-/m0/s1. The molecule has 2 amide bonds. The average molecular weight is 422 g/mol. The summed E-state index contributed by atoms with van der Waals surface area (Å²) in [5, 5.41) is 0. The Bertz CT molecular complexity index is 1060. The van der Waals surface area contributed by atoms with Gasteiger partial charge in [-0.05, 0) is 17.7 Å². The van der Waals surface area contributed by atoms with Crippen LogP contribution in [0.2, 0.25) is 0 Å². The number of ether oxygens (including phenoxy) is 2. The molecule has 0 radical (unpaired) electrons. The molecular formula is C23H26N4O4. The van der Waals surface area contributed by atoms with Crippen LogP contribution in [0.25, 0.3) is 0 Å². The number of aryl methyl sites for hydroxylation is 1. The second-order valence-corrected chi connectivity index (χ2v) is 8.59. The van der Waals surface area contributed by atoms with Crippen molar-refractivity contribution in [1.29, 1.82) is 0 Å². The average Bonchev–Trinajstić information content (AvgIpc) is 3.50. The van der Waals surface area contributed by atoms with E-state index in [4.69, 9.17) is 9.47 Å². The van der Waals surface area contributed by atoms with Crippen LogP contribution in [0.15, 0.2) is 48.8 Å². The lowest BCUT2D eigenvalue weighted by atomic mass is 9.76. The number of rotatable bonds is 6. The van der Waals surface area contributed by atoms with Gasteiger partial charge in [-0.25, -0.2) is 4.98 Å². The van der Waals surface area contributed by atoms with Crippen LogP contribution in [0.5, 0.6) is 5.75 Å². The topological polar surface area (TPSA) is 76.9 Å². The van der Waals surface area contributed by atoms with Gasteiger partial charge in [-0.3, -0.25) is 9.59 Å². The number of fused-ring (bicyclic) bond motifs is 1. The molecule has 4 atom stereocenters. The smallest absolute Gasteiger partial charge is 0.230 e. The van der Waals surface area contributed by atoms with E-state index in [9.17, 15) is 9.59 Å². The number of hydrogen-bond donors (Lipinski definition) is 0. The molecule has 2 saturated heterocycles. The summed E-state index contributed by atoms with van der Waals surface area (Å²) in [7, 11) is 5.28. The number of hydrogen-bond acceptors (Lipinski definition) is 5. The van der Waals surface area contributed by atoms with Crippen LogP contribution < -0.4 is 4.74 Å². The Morgan fingerprint density at radius 2 is 2.26 bits per heavy atom. The summed E-state index contributed by atoms with van der Waals surface area (Å²) in [4.78, 5) is 34.6. The van der Waals surface area contributed by atoms with E-state index in [0.29, 0.717) is 19.6 Å². The number of carbonyl (C=O) groups is 2. The Morgan fingerprint density at radius 1 is 1.42 bits per heavy atom. The van der Waals surface area contributed by atoms with Crippen molar-refractivity contribution < 1.29 is 19.1 Å². The monoisotopic (exact) mass is 422 g/mol. The molecule has 3 aliphatic rings. The molecule has 2 fully saturated rings. The first kappa shape index (κ1) is 19.8. The van der Waals surface area contributed by atoms with Crippen molar-refractivity contribution in [1.82, 2.24) is 19.4 Å². The second kappa shape index (κ2) is 7.23. The van der Waals surface area contributed by atoms with E-state index in [1.165, 1.54) is 0 Å². The van der Waals surface area contributed by atoms with Crippen molar-refractivity contribution in [3.05, 3.63) is 60.2 Å². The van der Waals surface area contributed by atoms with E-state index in [2.05, 4.69) is 4.98 Å². The third-order valence-corrected chi connectivity index (χ3v) is 6.65. The molecule has 4 heterocycles. The molecule has 8 heteroatoms. The first-order chi connectivity index (χ1) is 14.9. The molecule has 1 spiro atoms. The zero-order valence-corrected chi connectivity index (χ0v) is 17.9. The maximum Gasteiger partial charge on any atom is 0.230 e. The van der Waals surface area contributed by atoms with Gasteiger partial charge in [0.25, 0.3) is 0 Å². The number of benzene rings is 1. The Morgan fingerprint density at radius 3 is 3.00 bits per heavy atom. The third-order valence-electron chi connectivity index (χ3n) is 6.65. The van der Waals surface area contributed by atoms with Crippen LogP contribution in [0.3, 0.4) is 0 Å². The van der Waals surface area contributed by atoms with E-state index >= 15 is 0 Å². The van der Waals surface area contributed by atoms with Crippen molar-refractivity contribution in [2.24, 2.45) is 18.9 Å². The molecule has 1 aromatic carbocycles. The van der Waals surface area contributed by atoms with Crippen LogP contribution in [0.1, 0.15) is 11.4 Å². The normalized spacial score (nSPS) is 28.3. The van der Waals surface area contributed by atoms with Gasteiger partial charge in [0, 0.05) is 33.0 Å². The van der Waals surface area contributed by atoms with Crippen molar-refractivity contribution >= 4 is 11.8 Å². The molecule has 2 unspecified atom stereocenters. The zero-order valence-electron chi connectivity index (χ0n) is 17.9. The molecule has 2 aromatic rings.